The number of amides is 1. The van der Waals surface area contributed by atoms with Crippen molar-refractivity contribution in [1.29, 1.82) is 0 Å². The summed E-state index contributed by atoms with van der Waals surface area (Å²) in [5, 5.41) is 8.64. The van der Waals surface area contributed by atoms with Gasteiger partial charge in [-0.2, -0.15) is 13.2 Å². The van der Waals surface area contributed by atoms with Crippen LogP contribution in [0.25, 0.3) is 0 Å². The molecule has 0 aromatic rings. The third-order valence-electron chi connectivity index (χ3n) is 6.01. The minimum atomic E-state index is -5.08. The Morgan fingerprint density at radius 3 is 2.30 bits per heavy atom. The Labute approximate surface area is 173 Å². The molecular formula is C19H29F3N2O6. The summed E-state index contributed by atoms with van der Waals surface area (Å²) >= 11 is 0. The van der Waals surface area contributed by atoms with Gasteiger partial charge in [0, 0.05) is 32.3 Å². The van der Waals surface area contributed by atoms with Crippen LogP contribution in [0.3, 0.4) is 0 Å². The number of hydrogen-bond acceptors (Lipinski definition) is 6. The highest BCUT2D eigenvalue weighted by Gasteiger charge is 2.43. The first-order chi connectivity index (χ1) is 14.3. The van der Waals surface area contributed by atoms with Crippen molar-refractivity contribution in [2.45, 2.75) is 63.0 Å². The van der Waals surface area contributed by atoms with E-state index in [0.717, 1.165) is 51.4 Å². The average Bonchev–Trinajstić information content (AvgIpc) is 3.38. The van der Waals surface area contributed by atoms with E-state index in [9.17, 15) is 18.0 Å². The van der Waals surface area contributed by atoms with Crippen molar-refractivity contribution in [2.24, 2.45) is 5.92 Å². The number of ether oxygens (including phenoxy) is 2. The van der Waals surface area contributed by atoms with E-state index < -0.39 is 12.1 Å². The SMILES string of the molecule is O=C(O)C(F)(F)F.O=C([C@@H]1CC[C@@H]2[C@@H](CCN2CC2CCOCC2)O1)N1CCCO1. The minimum Gasteiger partial charge on any atom is -0.475 e. The van der Waals surface area contributed by atoms with Gasteiger partial charge in [0.1, 0.15) is 6.10 Å². The first-order valence-electron chi connectivity index (χ1n) is 10.5. The van der Waals surface area contributed by atoms with Gasteiger partial charge in [0.2, 0.25) is 0 Å². The molecule has 0 aromatic heterocycles. The summed E-state index contributed by atoms with van der Waals surface area (Å²) in [5.74, 6) is -1.96. The molecule has 4 aliphatic heterocycles. The number of hydrogen-bond donors (Lipinski definition) is 1. The molecule has 0 bridgehead atoms. The monoisotopic (exact) mass is 438 g/mol. The van der Waals surface area contributed by atoms with E-state index in [1.54, 1.807) is 0 Å². The fourth-order valence-electron chi connectivity index (χ4n) is 4.47. The molecule has 30 heavy (non-hydrogen) atoms. The Hall–Kier alpha value is -1.43. The molecule has 0 spiro atoms. The number of halogens is 3. The lowest BCUT2D eigenvalue weighted by Crippen LogP contribution is -2.49. The third-order valence-corrected chi connectivity index (χ3v) is 6.01. The van der Waals surface area contributed by atoms with Gasteiger partial charge in [0.25, 0.3) is 5.91 Å². The lowest BCUT2D eigenvalue weighted by atomic mass is 9.96. The maximum absolute atomic E-state index is 12.4. The molecule has 11 heteroatoms. The van der Waals surface area contributed by atoms with Crippen LogP contribution in [-0.2, 0) is 23.9 Å². The van der Waals surface area contributed by atoms with Crippen molar-refractivity contribution in [3.8, 4) is 0 Å². The molecule has 1 amide bonds. The molecule has 4 heterocycles. The maximum atomic E-state index is 12.4. The lowest BCUT2D eigenvalue weighted by Gasteiger charge is -2.37. The van der Waals surface area contributed by atoms with E-state index in [1.807, 2.05) is 0 Å². The van der Waals surface area contributed by atoms with Crippen LogP contribution in [0.5, 0.6) is 0 Å². The molecule has 4 fully saturated rings. The Kier molecular flexibility index (Phi) is 7.94. The molecule has 0 saturated carbocycles. The van der Waals surface area contributed by atoms with Gasteiger partial charge in [-0.05, 0) is 44.4 Å². The fourth-order valence-corrected chi connectivity index (χ4v) is 4.47. The molecule has 0 radical (unpaired) electrons. The number of carbonyl (C=O) groups is 2. The molecule has 4 saturated heterocycles. The topological polar surface area (TPSA) is 88.5 Å². The zero-order valence-electron chi connectivity index (χ0n) is 16.8. The summed E-state index contributed by atoms with van der Waals surface area (Å²) in [6.45, 7) is 5.46. The van der Waals surface area contributed by atoms with E-state index >= 15 is 0 Å². The number of hydroxylamine groups is 2. The number of carbonyl (C=O) groups excluding carboxylic acids is 1. The Morgan fingerprint density at radius 2 is 1.70 bits per heavy atom. The van der Waals surface area contributed by atoms with Crippen LogP contribution in [0.15, 0.2) is 0 Å². The average molecular weight is 438 g/mol. The van der Waals surface area contributed by atoms with Crippen molar-refractivity contribution in [1.82, 2.24) is 9.96 Å². The maximum Gasteiger partial charge on any atom is 0.490 e. The lowest BCUT2D eigenvalue weighted by molar-refractivity contribution is -0.192. The normalized spacial score (nSPS) is 30.5. The second-order valence-electron chi connectivity index (χ2n) is 8.08. The smallest absolute Gasteiger partial charge is 0.475 e. The van der Waals surface area contributed by atoms with Gasteiger partial charge < -0.3 is 14.6 Å². The molecule has 0 unspecified atom stereocenters. The molecule has 1 N–H and O–H groups in total. The minimum absolute atomic E-state index is 0.0313. The van der Waals surface area contributed by atoms with Gasteiger partial charge in [-0.25, -0.2) is 9.86 Å². The van der Waals surface area contributed by atoms with Crippen LogP contribution in [0.2, 0.25) is 0 Å². The van der Waals surface area contributed by atoms with Crippen molar-refractivity contribution in [3.63, 3.8) is 0 Å². The van der Waals surface area contributed by atoms with E-state index in [0.29, 0.717) is 19.2 Å². The van der Waals surface area contributed by atoms with Gasteiger partial charge in [0.15, 0.2) is 0 Å². The third kappa shape index (κ3) is 6.05. The second kappa shape index (κ2) is 10.3. The van der Waals surface area contributed by atoms with Gasteiger partial charge in [-0.1, -0.05) is 0 Å². The largest absolute Gasteiger partial charge is 0.490 e. The van der Waals surface area contributed by atoms with Gasteiger partial charge in [-0.3, -0.25) is 14.5 Å². The Bertz CT molecular complexity index is 593. The second-order valence-corrected chi connectivity index (χ2v) is 8.08. The van der Waals surface area contributed by atoms with E-state index in [-0.39, 0.29) is 18.1 Å². The van der Waals surface area contributed by atoms with Crippen LogP contribution in [0.1, 0.15) is 38.5 Å². The standard InChI is InChI=1S/C17H28N2O4.C2HF3O2/c20-17(19-7-1-9-22-19)16-3-2-14-15(23-16)4-8-18(14)12-13-5-10-21-11-6-13;3-2(4,5)1(6)7/h13-16H,1-12H2;(H,6,7)/t14-,15-,16+;/m1./s1. The number of rotatable bonds is 3. The quantitative estimate of drug-likeness (QED) is 0.719. The zero-order valence-corrected chi connectivity index (χ0v) is 16.8. The summed E-state index contributed by atoms with van der Waals surface area (Å²) in [5.41, 5.74) is 0. The van der Waals surface area contributed by atoms with Crippen LogP contribution < -0.4 is 0 Å². The van der Waals surface area contributed by atoms with Crippen molar-refractivity contribution < 1.29 is 42.2 Å². The molecule has 8 nitrogen and oxygen atoms in total. The number of fused-ring (bicyclic) bond motifs is 1. The highest BCUT2D eigenvalue weighted by molar-refractivity contribution is 5.80. The number of carboxylic acids is 1. The fraction of sp³-hybridized carbons (Fsp3) is 0.895. The van der Waals surface area contributed by atoms with E-state index in [2.05, 4.69) is 4.90 Å². The summed E-state index contributed by atoms with van der Waals surface area (Å²) in [6.07, 6.45) is 1.09. The van der Waals surface area contributed by atoms with E-state index in [4.69, 9.17) is 24.2 Å². The Balaban J connectivity index is 0.000000318. The zero-order chi connectivity index (χ0) is 21.7. The number of alkyl halides is 3. The van der Waals surface area contributed by atoms with Crippen molar-refractivity contribution >= 4 is 11.9 Å². The molecule has 172 valence electrons. The first-order valence-corrected chi connectivity index (χ1v) is 10.5. The summed E-state index contributed by atoms with van der Waals surface area (Å²) in [6, 6.07) is 0.501. The highest BCUT2D eigenvalue weighted by atomic mass is 19.4. The molecule has 0 aromatic carbocycles. The highest BCUT2D eigenvalue weighted by Crippen LogP contribution is 2.33. The number of likely N-dealkylation sites (tertiary alicyclic amines) is 1. The number of carboxylic acid groups (broad SMARTS) is 1. The molecular weight excluding hydrogens is 409 g/mol. The molecule has 0 aliphatic carbocycles. The predicted molar refractivity (Wildman–Crippen MR) is 97.4 cm³/mol. The molecule has 4 rings (SSSR count). The first kappa shape index (κ1) is 23.2. The van der Waals surface area contributed by atoms with Gasteiger partial charge in [0.05, 0.1) is 19.3 Å². The van der Waals surface area contributed by atoms with Crippen molar-refractivity contribution in [3.05, 3.63) is 0 Å². The Morgan fingerprint density at radius 1 is 1.00 bits per heavy atom. The van der Waals surface area contributed by atoms with Crippen molar-refractivity contribution in [2.75, 3.05) is 39.5 Å². The van der Waals surface area contributed by atoms with Gasteiger partial charge >= 0.3 is 12.1 Å². The van der Waals surface area contributed by atoms with Crippen LogP contribution in [0.4, 0.5) is 13.2 Å². The summed E-state index contributed by atoms with van der Waals surface area (Å²) in [7, 11) is 0. The number of nitrogens with zero attached hydrogens (tertiary/aromatic N) is 2. The predicted octanol–water partition coefficient (Wildman–Crippen LogP) is 1.83. The van der Waals surface area contributed by atoms with Crippen LogP contribution >= 0.6 is 0 Å². The summed E-state index contributed by atoms with van der Waals surface area (Å²) in [4.78, 5) is 29.3. The molecule has 4 aliphatic rings. The summed E-state index contributed by atoms with van der Waals surface area (Å²) < 4.78 is 43.4. The molecule has 3 atom stereocenters. The number of aliphatic carboxylic acids is 1. The van der Waals surface area contributed by atoms with Crippen LogP contribution in [-0.4, -0.2) is 90.8 Å². The van der Waals surface area contributed by atoms with Gasteiger partial charge in [-0.15, -0.1) is 0 Å². The van der Waals surface area contributed by atoms with E-state index in [1.165, 1.54) is 24.4 Å². The van der Waals surface area contributed by atoms with Crippen LogP contribution in [0, 0.1) is 5.92 Å².